The van der Waals surface area contributed by atoms with E-state index in [1.54, 1.807) is 6.20 Å². The lowest BCUT2D eigenvalue weighted by Gasteiger charge is -2.37. The third-order valence-corrected chi connectivity index (χ3v) is 5.22. The standard InChI is InChI=1S/C18H29N5O/c1-2-21-9-4-3-6-17(21)15-20-18(24)23-12-10-22(11-13-23)16-7-5-8-19-14-16/h5,7-8,14,17H,2-4,6,9-13,15H2,1H3,(H,20,24)/t17-/m0/s1. The molecule has 1 N–H and O–H groups in total. The number of nitrogens with one attached hydrogen (secondary N) is 1. The highest BCUT2D eigenvalue weighted by atomic mass is 16.2. The van der Waals surface area contributed by atoms with Crippen LogP contribution in [0.2, 0.25) is 0 Å². The van der Waals surface area contributed by atoms with Gasteiger partial charge in [0, 0.05) is 45.0 Å². The molecule has 24 heavy (non-hydrogen) atoms. The first-order valence-electron chi connectivity index (χ1n) is 9.19. The van der Waals surface area contributed by atoms with Gasteiger partial charge in [-0.05, 0) is 38.1 Å². The Balaban J connectivity index is 1.43. The molecule has 3 heterocycles. The van der Waals surface area contributed by atoms with E-state index in [1.165, 1.54) is 25.8 Å². The zero-order valence-corrected chi connectivity index (χ0v) is 14.7. The number of urea groups is 1. The van der Waals surface area contributed by atoms with Crippen molar-refractivity contribution < 1.29 is 4.79 Å². The van der Waals surface area contributed by atoms with E-state index in [-0.39, 0.29) is 6.03 Å². The molecule has 2 amide bonds. The van der Waals surface area contributed by atoms with Crippen molar-refractivity contribution >= 4 is 11.7 Å². The third kappa shape index (κ3) is 4.17. The normalized spacial score (nSPS) is 22.5. The molecule has 1 aromatic rings. The Morgan fingerprint density at radius 3 is 2.79 bits per heavy atom. The van der Waals surface area contributed by atoms with Crippen LogP contribution in [0.1, 0.15) is 26.2 Å². The monoisotopic (exact) mass is 331 g/mol. The number of nitrogens with zero attached hydrogens (tertiary/aromatic N) is 4. The molecule has 0 aromatic carbocycles. The first kappa shape index (κ1) is 17.0. The number of likely N-dealkylation sites (tertiary alicyclic amines) is 1. The van der Waals surface area contributed by atoms with E-state index >= 15 is 0 Å². The van der Waals surface area contributed by atoms with E-state index in [1.807, 2.05) is 17.2 Å². The number of anilines is 1. The lowest BCUT2D eigenvalue weighted by Crippen LogP contribution is -2.54. The van der Waals surface area contributed by atoms with Crippen LogP contribution in [0.15, 0.2) is 24.5 Å². The molecule has 0 unspecified atom stereocenters. The van der Waals surface area contributed by atoms with Crippen LogP contribution < -0.4 is 10.2 Å². The number of piperazine rings is 1. The maximum Gasteiger partial charge on any atom is 0.317 e. The molecule has 3 rings (SSSR count). The summed E-state index contributed by atoms with van der Waals surface area (Å²) in [6.07, 6.45) is 7.44. The number of hydrogen-bond acceptors (Lipinski definition) is 4. The van der Waals surface area contributed by atoms with Gasteiger partial charge in [-0.25, -0.2) is 4.79 Å². The summed E-state index contributed by atoms with van der Waals surface area (Å²) in [4.78, 5) is 23.3. The van der Waals surface area contributed by atoms with Gasteiger partial charge in [0.2, 0.25) is 0 Å². The first-order chi connectivity index (χ1) is 11.8. The minimum atomic E-state index is 0.0856. The summed E-state index contributed by atoms with van der Waals surface area (Å²) in [7, 11) is 0. The van der Waals surface area contributed by atoms with Crippen LogP contribution in [0.5, 0.6) is 0 Å². The second-order valence-electron chi connectivity index (χ2n) is 6.65. The quantitative estimate of drug-likeness (QED) is 0.914. The van der Waals surface area contributed by atoms with E-state index in [2.05, 4.69) is 33.1 Å². The molecule has 0 spiro atoms. The van der Waals surface area contributed by atoms with Crippen LogP contribution >= 0.6 is 0 Å². The molecule has 1 atom stereocenters. The van der Waals surface area contributed by atoms with Crippen LogP contribution in [-0.4, -0.2) is 72.7 Å². The van der Waals surface area contributed by atoms with Gasteiger partial charge in [-0.3, -0.25) is 9.88 Å². The van der Waals surface area contributed by atoms with Crippen molar-refractivity contribution in [2.75, 3.05) is 50.7 Å². The second kappa shape index (κ2) is 8.33. The van der Waals surface area contributed by atoms with Crippen LogP contribution in [0.4, 0.5) is 10.5 Å². The zero-order chi connectivity index (χ0) is 16.8. The summed E-state index contributed by atoms with van der Waals surface area (Å²) >= 11 is 0. The Bertz CT molecular complexity index is 515. The Kier molecular flexibility index (Phi) is 5.91. The van der Waals surface area contributed by atoms with Gasteiger partial charge in [-0.2, -0.15) is 0 Å². The smallest absolute Gasteiger partial charge is 0.317 e. The topological polar surface area (TPSA) is 51.7 Å². The number of carbonyl (C=O) groups excluding carboxylic acids is 1. The first-order valence-corrected chi connectivity index (χ1v) is 9.19. The number of aromatic nitrogens is 1. The molecule has 6 nitrogen and oxygen atoms in total. The summed E-state index contributed by atoms with van der Waals surface area (Å²) in [6.45, 7) is 8.48. The Morgan fingerprint density at radius 1 is 1.25 bits per heavy atom. The third-order valence-electron chi connectivity index (χ3n) is 5.22. The number of carbonyl (C=O) groups is 1. The summed E-state index contributed by atoms with van der Waals surface area (Å²) in [5.74, 6) is 0. The average molecular weight is 331 g/mol. The lowest BCUT2D eigenvalue weighted by atomic mass is 10.0. The van der Waals surface area contributed by atoms with E-state index in [4.69, 9.17) is 0 Å². The highest BCUT2D eigenvalue weighted by molar-refractivity contribution is 5.74. The molecule has 0 saturated carbocycles. The van der Waals surface area contributed by atoms with Crippen LogP contribution in [-0.2, 0) is 0 Å². The molecule has 2 fully saturated rings. The number of piperidine rings is 1. The van der Waals surface area contributed by atoms with Crippen molar-refractivity contribution in [3.05, 3.63) is 24.5 Å². The van der Waals surface area contributed by atoms with Crippen LogP contribution in [0.25, 0.3) is 0 Å². The summed E-state index contributed by atoms with van der Waals surface area (Å²) in [5, 5.41) is 3.16. The molecule has 132 valence electrons. The molecule has 0 bridgehead atoms. The van der Waals surface area contributed by atoms with E-state index in [0.717, 1.165) is 45.0 Å². The predicted molar refractivity (Wildman–Crippen MR) is 96.3 cm³/mol. The summed E-state index contributed by atoms with van der Waals surface area (Å²) in [5.41, 5.74) is 1.14. The minimum Gasteiger partial charge on any atom is -0.367 e. The van der Waals surface area contributed by atoms with Crippen LogP contribution in [0.3, 0.4) is 0 Å². The molecular weight excluding hydrogens is 302 g/mol. The lowest BCUT2D eigenvalue weighted by molar-refractivity contribution is 0.147. The Hall–Kier alpha value is -1.82. The summed E-state index contributed by atoms with van der Waals surface area (Å²) < 4.78 is 0. The number of rotatable bonds is 4. The van der Waals surface area contributed by atoms with Crippen molar-refractivity contribution in [2.45, 2.75) is 32.2 Å². The van der Waals surface area contributed by atoms with Crippen molar-refractivity contribution in [1.29, 1.82) is 0 Å². The van der Waals surface area contributed by atoms with Crippen molar-refractivity contribution in [1.82, 2.24) is 20.1 Å². The van der Waals surface area contributed by atoms with Crippen molar-refractivity contribution in [3.63, 3.8) is 0 Å². The van der Waals surface area contributed by atoms with Gasteiger partial charge >= 0.3 is 6.03 Å². The minimum absolute atomic E-state index is 0.0856. The van der Waals surface area contributed by atoms with Crippen LogP contribution in [0, 0.1) is 0 Å². The fourth-order valence-corrected chi connectivity index (χ4v) is 3.73. The number of hydrogen-bond donors (Lipinski definition) is 1. The van der Waals surface area contributed by atoms with E-state index < -0.39 is 0 Å². The van der Waals surface area contributed by atoms with Gasteiger partial charge in [0.15, 0.2) is 0 Å². The van der Waals surface area contributed by atoms with Gasteiger partial charge in [0.1, 0.15) is 0 Å². The molecule has 2 saturated heterocycles. The molecular formula is C18H29N5O. The Morgan fingerprint density at radius 2 is 2.08 bits per heavy atom. The number of likely N-dealkylation sites (N-methyl/N-ethyl adjacent to an activating group) is 1. The average Bonchev–Trinajstić information content (AvgIpc) is 2.67. The Labute approximate surface area is 144 Å². The van der Waals surface area contributed by atoms with E-state index in [9.17, 15) is 4.79 Å². The van der Waals surface area contributed by atoms with Gasteiger partial charge in [0.25, 0.3) is 0 Å². The number of pyridine rings is 1. The largest absolute Gasteiger partial charge is 0.367 e. The zero-order valence-electron chi connectivity index (χ0n) is 14.7. The molecule has 0 radical (unpaired) electrons. The fourth-order valence-electron chi connectivity index (χ4n) is 3.73. The fraction of sp³-hybridized carbons (Fsp3) is 0.667. The predicted octanol–water partition coefficient (Wildman–Crippen LogP) is 1.79. The van der Waals surface area contributed by atoms with Gasteiger partial charge in [-0.15, -0.1) is 0 Å². The summed E-state index contributed by atoms with van der Waals surface area (Å²) in [6, 6.07) is 4.62. The van der Waals surface area contributed by atoms with Crippen molar-refractivity contribution in [3.8, 4) is 0 Å². The maximum atomic E-state index is 12.4. The highest BCUT2D eigenvalue weighted by Gasteiger charge is 2.24. The molecule has 6 heteroatoms. The maximum absolute atomic E-state index is 12.4. The number of amides is 2. The molecule has 2 aliphatic heterocycles. The second-order valence-corrected chi connectivity index (χ2v) is 6.65. The van der Waals surface area contributed by atoms with Gasteiger partial charge < -0.3 is 15.1 Å². The van der Waals surface area contributed by atoms with Crippen molar-refractivity contribution in [2.24, 2.45) is 0 Å². The van der Waals surface area contributed by atoms with E-state index in [0.29, 0.717) is 6.04 Å². The molecule has 1 aromatic heterocycles. The molecule has 2 aliphatic rings. The SMILES string of the molecule is CCN1CCCC[C@H]1CNC(=O)N1CCN(c2cccnc2)CC1. The van der Waals surface area contributed by atoms with Gasteiger partial charge in [-0.1, -0.05) is 13.3 Å². The molecule has 0 aliphatic carbocycles. The highest BCUT2D eigenvalue weighted by Crippen LogP contribution is 2.16. The van der Waals surface area contributed by atoms with Gasteiger partial charge in [0.05, 0.1) is 11.9 Å².